The van der Waals surface area contributed by atoms with Gasteiger partial charge in [0.05, 0.1) is 6.61 Å². The van der Waals surface area contributed by atoms with Crippen LogP contribution in [0, 0.1) is 0 Å². The zero-order valence-electron chi connectivity index (χ0n) is 15.6. The standard InChI is InChI=1S/C19H32N4O2/c1-20-19(21-10-13-23-11-4-3-5-12-23)22-16-17-6-8-18(9-7-17)25-15-14-24-2/h6-9H,3-5,10-16H2,1-2H3,(H2,20,21,22). The van der Waals surface area contributed by atoms with Crippen molar-refractivity contribution in [3.8, 4) is 5.75 Å². The Hall–Kier alpha value is -1.79. The van der Waals surface area contributed by atoms with Crippen LogP contribution in [-0.4, -0.2) is 64.4 Å². The number of aliphatic imine (C=N–C) groups is 1. The van der Waals surface area contributed by atoms with Gasteiger partial charge in [-0.15, -0.1) is 0 Å². The molecule has 140 valence electrons. The molecule has 1 saturated heterocycles. The van der Waals surface area contributed by atoms with Crippen molar-refractivity contribution in [3.05, 3.63) is 29.8 Å². The van der Waals surface area contributed by atoms with Gasteiger partial charge in [0, 0.05) is 33.8 Å². The smallest absolute Gasteiger partial charge is 0.191 e. The molecule has 0 aromatic heterocycles. The first-order valence-corrected chi connectivity index (χ1v) is 9.19. The molecule has 1 aromatic carbocycles. The Morgan fingerprint density at radius 2 is 1.84 bits per heavy atom. The van der Waals surface area contributed by atoms with Gasteiger partial charge in [0.25, 0.3) is 0 Å². The summed E-state index contributed by atoms with van der Waals surface area (Å²) in [5, 5.41) is 6.75. The van der Waals surface area contributed by atoms with Crippen LogP contribution in [0.3, 0.4) is 0 Å². The average Bonchev–Trinajstić information content (AvgIpc) is 2.66. The lowest BCUT2D eigenvalue weighted by Crippen LogP contribution is -2.42. The molecular formula is C19H32N4O2. The zero-order chi connectivity index (χ0) is 17.7. The van der Waals surface area contributed by atoms with Gasteiger partial charge in [-0.25, -0.2) is 0 Å². The molecule has 1 aliphatic heterocycles. The van der Waals surface area contributed by atoms with Crippen molar-refractivity contribution in [3.63, 3.8) is 0 Å². The predicted molar refractivity (Wildman–Crippen MR) is 102 cm³/mol. The Bertz CT molecular complexity index is 499. The van der Waals surface area contributed by atoms with Crippen molar-refractivity contribution in [2.75, 3.05) is 53.6 Å². The van der Waals surface area contributed by atoms with Crippen LogP contribution < -0.4 is 15.4 Å². The van der Waals surface area contributed by atoms with Crippen LogP contribution in [0.1, 0.15) is 24.8 Å². The van der Waals surface area contributed by atoms with Crippen LogP contribution >= 0.6 is 0 Å². The molecule has 0 atom stereocenters. The molecule has 6 nitrogen and oxygen atoms in total. The summed E-state index contributed by atoms with van der Waals surface area (Å²) in [5.74, 6) is 1.71. The molecule has 2 N–H and O–H groups in total. The summed E-state index contributed by atoms with van der Waals surface area (Å²) in [7, 11) is 3.48. The summed E-state index contributed by atoms with van der Waals surface area (Å²) in [4.78, 5) is 6.81. The van der Waals surface area contributed by atoms with Crippen LogP contribution in [0.5, 0.6) is 5.75 Å². The van der Waals surface area contributed by atoms with Crippen LogP contribution in [-0.2, 0) is 11.3 Å². The lowest BCUT2D eigenvalue weighted by molar-refractivity contribution is 0.146. The Kier molecular flexibility index (Phi) is 9.15. The second-order valence-corrected chi connectivity index (χ2v) is 6.24. The number of methoxy groups -OCH3 is 1. The molecule has 2 rings (SSSR count). The Balaban J connectivity index is 1.65. The Morgan fingerprint density at radius 3 is 2.52 bits per heavy atom. The highest BCUT2D eigenvalue weighted by molar-refractivity contribution is 5.79. The zero-order valence-corrected chi connectivity index (χ0v) is 15.6. The summed E-state index contributed by atoms with van der Waals surface area (Å²) in [5.41, 5.74) is 1.19. The lowest BCUT2D eigenvalue weighted by atomic mass is 10.1. The molecule has 0 amide bonds. The second-order valence-electron chi connectivity index (χ2n) is 6.24. The van der Waals surface area contributed by atoms with E-state index in [-0.39, 0.29) is 0 Å². The number of piperidine rings is 1. The highest BCUT2D eigenvalue weighted by atomic mass is 16.5. The number of hydrogen-bond acceptors (Lipinski definition) is 4. The van der Waals surface area contributed by atoms with E-state index >= 15 is 0 Å². The molecule has 0 radical (unpaired) electrons. The number of guanidine groups is 1. The summed E-state index contributed by atoms with van der Waals surface area (Å²) in [6.45, 7) is 6.37. The molecule has 1 fully saturated rings. The van der Waals surface area contributed by atoms with Crippen molar-refractivity contribution < 1.29 is 9.47 Å². The molecule has 1 aliphatic rings. The third-order valence-electron chi connectivity index (χ3n) is 4.33. The van der Waals surface area contributed by atoms with E-state index < -0.39 is 0 Å². The maximum Gasteiger partial charge on any atom is 0.191 e. The number of nitrogens with zero attached hydrogens (tertiary/aromatic N) is 2. The number of hydrogen-bond donors (Lipinski definition) is 2. The molecule has 1 heterocycles. The van der Waals surface area contributed by atoms with Crippen molar-refractivity contribution in [2.24, 2.45) is 4.99 Å². The number of rotatable bonds is 9. The SMILES string of the molecule is CN=C(NCCN1CCCCC1)NCc1ccc(OCCOC)cc1. The van der Waals surface area contributed by atoms with Gasteiger partial charge < -0.3 is 25.0 Å². The first-order valence-electron chi connectivity index (χ1n) is 9.19. The fourth-order valence-electron chi connectivity index (χ4n) is 2.87. The van der Waals surface area contributed by atoms with Crippen LogP contribution in [0.15, 0.2) is 29.3 Å². The molecule has 0 spiro atoms. The predicted octanol–water partition coefficient (Wildman–Crippen LogP) is 1.86. The molecule has 1 aromatic rings. The molecule has 0 aliphatic carbocycles. The first kappa shape index (κ1) is 19.5. The van der Waals surface area contributed by atoms with E-state index in [1.807, 2.05) is 19.2 Å². The van der Waals surface area contributed by atoms with Gasteiger partial charge in [-0.3, -0.25) is 4.99 Å². The van der Waals surface area contributed by atoms with Crippen molar-refractivity contribution in [2.45, 2.75) is 25.8 Å². The average molecular weight is 348 g/mol. The van der Waals surface area contributed by atoms with Crippen LogP contribution in [0.4, 0.5) is 0 Å². The van der Waals surface area contributed by atoms with E-state index in [9.17, 15) is 0 Å². The molecular weight excluding hydrogens is 316 g/mol. The van der Waals surface area contributed by atoms with E-state index in [0.29, 0.717) is 13.2 Å². The minimum atomic E-state index is 0.571. The van der Waals surface area contributed by atoms with E-state index in [2.05, 4.69) is 32.7 Å². The summed E-state index contributed by atoms with van der Waals surface area (Å²) in [6, 6.07) is 8.10. The second kappa shape index (κ2) is 11.7. The Morgan fingerprint density at radius 1 is 1.08 bits per heavy atom. The highest BCUT2D eigenvalue weighted by Crippen LogP contribution is 2.12. The van der Waals surface area contributed by atoms with Gasteiger partial charge in [-0.2, -0.15) is 0 Å². The maximum atomic E-state index is 5.57. The third-order valence-corrected chi connectivity index (χ3v) is 4.33. The summed E-state index contributed by atoms with van der Waals surface area (Å²) >= 11 is 0. The largest absolute Gasteiger partial charge is 0.491 e. The number of benzene rings is 1. The highest BCUT2D eigenvalue weighted by Gasteiger charge is 2.09. The molecule has 0 saturated carbocycles. The van der Waals surface area contributed by atoms with Crippen molar-refractivity contribution in [1.29, 1.82) is 0 Å². The number of nitrogens with one attached hydrogen (secondary N) is 2. The molecule has 0 bridgehead atoms. The van der Waals surface area contributed by atoms with Crippen molar-refractivity contribution >= 4 is 5.96 Å². The summed E-state index contributed by atoms with van der Waals surface area (Å²) < 4.78 is 10.5. The fourth-order valence-corrected chi connectivity index (χ4v) is 2.87. The molecule has 6 heteroatoms. The molecule has 0 unspecified atom stereocenters. The monoisotopic (exact) mass is 348 g/mol. The quantitative estimate of drug-likeness (QED) is 0.405. The molecule has 25 heavy (non-hydrogen) atoms. The minimum Gasteiger partial charge on any atom is -0.491 e. The van der Waals surface area contributed by atoms with Gasteiger partial charge in [-0.1, -0.05) is 18.6 Å². The van der Waals surface area contributed by atoms with Crippen LogP contribution in [0.2, 0.25) is 0 Å². The number of likely N-dealkylation sites (tertiary alicyclic amines) is 1. The first-order chi connectivity index (χ1) is 12.3. The fraction of sp³-hybridized carbons (Fsp3) is 0.632. The van der Waals surface area contributed by atoms with E-state index in [1.165, 1.54) is 37.9 Å². The Labute approximate surface area is 151 Å². The lowest BCUT2D eigenvalue weighted by Gasteiger charge is -2.26. The van der Waals surface area contributed by atoms with Gasteiger partial charge >= 0.3 is 0 Å². The van der Waals surface area contributed by atoms with Crippen LogP contribution in [0.25, 0.3) is 0 Å². The van der Waals surface area contributed by atoms with Gasteiger partial charge in [-0.05, 0) is 43.6 Å². The maximum absolute atomic E-state index is 5.57. The topological polar surface area (TPSA) is 58.1 Å². The van der Waals surface area contributed by atoms with Gasteiger partial charge in [0.1, 0.15) is 12.4 Å². The number of ether oxygens (including phenoxy) is 2. The van der Waals surface area contributed by atoms with Gasteiger partial charge in [0.15, 0.2) is 5.96 Å². The summed E-state index contributed by atoms with van der Waals surface area (Å²) in [6.07, 6.45) is 4.04. The van der Waals surface area contributed by atoms with Crippen molar-refractivity contribution in [1.82, 2.24) is 15.5 Å². The van der Waals surface area contributed by atoms with Gasteiger partial charge in [0.2, 0.25) is 0 Å². The van der Waals surface area contributed by atoms with E-state index in [0.717, 1.165) is 31.3 Å². The van der Waals surface area contributed by atoms with E-state index in [4.69, 9.17) is 9.47 Å². The third kappa shape index (κ3) is 7.75. The van der Waals surface area contributed by atoms with E-state index in [1.54, 1.807) is 7.11 Å². The normalized spacial score (nSPS) is 15.8. The minimum absolute atomic E-state index is 0.571.